The van der Waals surface area contributed by atoms with Gasteiger partial charge in [-0.05, 0) is 102 Å². The number of amides is 1. The van der Waals surface area contributed by atoms with Crippen LogP contribution in [-0.4, -0.2) is 10.5 Å². The first-order valence-electron chi connectivity index (χ1n) is 20.2. The number of nitriles is 2. The van der Waals surface area contributed by atoms with Crippen LogP contribution in [0.15, 0.2) is 181 Å². The zero-order chi connectivity index (χ0) is 42.0. The number of nitrogens with one attached hydrogen (secondary N) is 1. The topological polar surface area (TPSA) is 81.6 Å². The van der Waals surface area contributed by atoms with E-state index in [9.17, 15) is 15.3 Å². The number of aryl methyl sites for hydroxylation is 2. The second-order valence-electron chi connectivity index (χ2n) is 15.4. The third-order valence-corrected chi connectivity index (χ3v) is 11.5. The van der Waals surface area contributed by atoms with Crippen molar-refractivity contribution in [2.75, 3.05) is 5.32 Å². The van der Waals surface area contributed by atoms with E-state index in [4.69, 9.17) is 0 Å². The summed E-state index contributed by atoms with van der Waals surface area (Å²) in [6, 6.07) is 63.7. The number of carbonyl (C=O) groups excluding carboxylic acids is 1. The monoisotopic (exact) mass is 784 g/mol. The molecule has 0 aliphatic rings. The molecule has 8 aromatic carbocycles. The molecule has 9 rings (SSSR count). The van der Waals surface area contributed by atoms with Gasteiger partial charge in [-0.2, -0.15) is 10.5 Å². The summed E-state index contributed by atoms with van der Waals surface area (Å²) in [5, 5.41) is 24.9. The van der Waals surface area contributed by atoms with Gasteiger partial charge < -0.3 is 9.88 Å². The molecule has 1 N–H and O–H groups in total. The number of rotatable bonds is 8. The molecule has 0 unspecified atom stereocenters. The Kier molecular flexibility index (Phi) is 10.2. The predicted octanol–water partition coefficient (Wildman–Crippen LogP) is 14.0. The molecule has 1 amide bonds. The molecule has 0 atom stereocenters. The SMILES string of the molecule is C/C(=C/n1c2c(-c3ccc(C#N)cc3C)cccc2c2cccc(-c3ccc(C#N)cc3C)c21)C(=O)Nc1c(-c2ccccc2)cc(-c2ccccc2)cc1-c1ccccc1. The summed E-state index contributed by atoms with van der Waals surface area (Å²) in [6.07, 6.45) is 1.95. The van der Waals surface area contributed by atoms with Crippen LogP contribution in [0.4, 0.5) is 5.69 Å². The number of anilines is 1. The highest BCUT2D eigenvalue weighted by atomic mass is 16.1. The summed E-state index contributed by atoms with van der Waals surface area (Å²) in [4.78, 5) is 14.9. The van der Waals surface area contributed by atoms with E-state index in [1.807, 2.05) is 118 Å². The first-order chi connectivity index (χ1) is 29.8. The third kappa shape index (κ3) is 7.16. The molecular weight excluding hydrogens is 745 g/mol. The molecule has 0 bridgehead atoms. The van der Waals surface area contributed by atoms with Crippen LogP contribution in [0, 0.1) is 36.5 Å². The van der Waals surface area contributed by atoms with Crippen molar-refractivity contribution in [3.05, 3.63) is 204 Å². The van der Waals surface area contributed by atoms with Gasteiger partial charge in [0.2, 0.25) is 0 Å². The van der Waals surface area contributed by atoms with Crippen LogP contribution in [-0.2, 0) is 4.79 Å². The molecule has 0 fully saturated rings. The first kappa shape index (κ1) is 38.3. The van der Waals surface area contributed by atoms with Crippen molar-refractivity contribution in [3.63, 3.8) is 0 Å². The van der Waals surface area contributed by atoms with E-state index in [1.54, 1.807) is 0 Å². The number of nitrogens with zero attached hydrogens (tertiary/aromatic N) is 3. The average Bonchev–Trinajstić information content (AvgIpc) is 3.63. The van der Waals surface area contributed by atoms with Gasteiger partial charge in [0, 0.05) is 44.8 Å². The second kappa shape index (κ2) is 16.2. The predicted molar refractivity (Wildman–Crippen MR) is 251 cm³/mol. The number of fused-ring (bicyclic) bond motifs is 3. The fourth-order valence-electron chi connectivity index (χ4n) is 8.52. The molecule has 1 aromatic heterocycles. The standard InChI is InChI=1S/C56H40N4O/c1-36-29-39(33-57)25-27-45(36)47-21-13-23-49-50-24-14-22-48(46-28-26-40(34-58)30-37(46)2)55(50)60(54(47)49)35-38(3)56(61)59-53-51(42-17-9-5-10-18-42)31-44(41-15-7-4-8-16-41)32-52(53)43-19-11-6-12-20-43/h4-32,35H,1-3H3,(H,59,61)/b38-35-. The van der Waals surface area contributed by atoms with Crippen molar-refractivity contribution in [2.24, 2.45) is 0 Å². The van der Waals surface area contributed by atoms with Crippen LogP contribution in [0.2, 0.25) is 0 Å². The molecular formula is C56H40N4O. The van der Waals surface area contributed by atoms with Gasteiger partial charge in [0.1, 0.15) is 0 Å². The van der Waals surface area contributed by atoms with E-state index in [2.05, 4.69) is 107 Å². The van der Waals surface area contributed by atoms with Crippen LogP contribution in [0.5, 0.6) is 0 Å². The second-order valence-corrected chi connectivity index (χ2v) is 15.4. The molecule has 0 spiro atoms. The molecule has 290 valence electrons. The van der Waals surface area contributed by atoms with Gasteiger partial charge in [0.15, 0.2) is 0 Å². The number of hydrogen-bond donors (Lipinski definition) is 1. The van der Waals surface area contributed by atoms with Crippen molar-refractivity contribution in [1.29, 1.82) is 10.5 Å². The van der Waals surface area contributed by atoms with Crippen molar-refractivity contribution in [2.45, 2.75) is 20.8 Å². The molecule has 9 aromatic rings. The van der Waals surface area contributed by atoms with Gasteiger partial charge in [-0.25, -0.2) is 0 Å². The minimum Gasteiger partial charge on any atom is -0.321 e. The molecule has 1 heterocycles. The Morgan fingerprint density at radius 3 is 1.36 bits per heavy atom. The number of benzene rings is 8. The van der Waals surface area contributed by atoms with Gasteiger partial charge in [-0.1, -0.05) is 140 Å². The minimum atomic E-state index is -0.240. The van der Waals surface area contributed by atoms with Gasteiger partial charge in [-0.3, -0.25) is 4.79 Å². The lowest BCUT2D eigenvalue weighted by atomic mass is 9.91. The summed E-state index contributed by atoms with van der Waals surface area (Å²) < 4.78 is 2.16. The largest absolute Gasteiger partial charge is 0.321 e. The summed E-state index contributed by atoms with van der Waals surface area (Å²) in [7, 11) is 0. The zero-order valence-corrected chi connectivity index (χ0v) is 34.1. The van der Waals surface area contributed by atoms with Crippen LogP contribution < -0.4 is 5.32 Å². The van der Waals surface area contributed by atoms with E-state index in [-0.39, 0.29) is 5.91 Å². The van der Waals surface area contributed by atoms with Crippen LogP contribution in [0.25, 0.3) is 83.6 Å². The van der Waals surface area contributed by atoms with Crippen molar-refractivity contribution in [3.8, 4) is 67.8 Å². The lowest BCUT2D eigenvalue weighted by molar-refractivity contribution is -0.112. The van der Waals surface area contributed by atoms with E-state index >= 15 is 0 Å². The summed E-state index contributed by atoms with van der Waals surface area (Å²) in [5.41, 5.74) is 16.2. The number of hydrogen-bond acceptors (Lipinski definition) is 3. The maximum atomic E-state index is 14.9. The summed E-state index contributed by atoms with van der Waals surface area (Å²) in [6.45, 7) is 5.92. The fraction of sp³-hybridized carbons (Fsp3) is 0.0536. The number of carbonyl (C=O) groups is 1. The summed E-state index contributed by atoms with van der Waals surface area (Å²) in [5.74, 6) is -0.240. The molecule has 0 saturated carbocycles. The maximum Gasteiger partial charge on any atom is 0.252 e. The van der Waals surface area contributed by atoms with Crippen molar-refractivity contribution >= 4 is 39.6 Å². The highest BCUT2D eigenvalue weighted by Crippen LogP contribution is 2.44. The Labute approximate surface area is 355 Å². The van der Waals surface area contributed by atoms with Crippen LogP contribution in [0.1, 0.15) is 29.2 Å². The minimum absolute atomic E-state index is 0.240. The Morgan fingerprint density at radius 1 is 0.492 bits per heavy atom. The van der Waals surface area contributed by atoms with Crippen molar-refractivity contribution < 1.29 is 4.79 Å². The highest BCUT2D eigenvalue weighted by Gasteiger charge is 2.22. The molecule has 61 heavy (non-hydrogen) atoms. The lowest BCUT2D eigenvalue weighted by Gasteiger charge is -2.20. The molecule has 0 aliphatic carbocycles. The van der Waals surface area contributed by atoms with Crippen LogP contribution >= 0.6 is 0 Å². The van der Waals surface area contributed by atoms with E-state index < -0.39 is 0 Å². The van der Waals surface area contributed by atoms with E-state index in [1.165, 1.54) is 0 Å². The highest BCUT2D eigenvalue weighted by molar-refractivity contribution is 6.19. The fourth-order valence-corrected chi connectivity index (χ4v) is 8.52. The normalized spacial score (nSPS) is 11.3. The van der Waals surface area contributed by atoms with Crippen LogP contribution in [0.3, 0.4) is 0 Å². The van der Waals surface area contributed by atoms with Gasteiger partial charge in [-0.15, -0.1) is 0 Å². The summed E-state index contributed by atoms with van der Waals surface area (Å²) >= 11 is 0. The third-order valence-electron chi connectivity index (χ3n) is 11.5. The smallest absolute Gasteiger partial charge is 0.252 e. The van der Waals surface area contributed by atoms with Gasteiger partial charge >= 0.3 is 0 Å². The Balaban J connectivity index is 1.27. The number of aromatic nitrogens is 1. The lowest BCUT2D eigenvalue weighted by Crippen LogP contribution is -2.15. The Hall–Kier alpha value is -8.25. The van der Waals surface area contributed by atoms with E-state index in [0.717, 1.165) is 94.3 Å². The first-order valence-corrected chi connectivity index (χ1v) is 20.2. The maximum absolute atomic E-state index is 14.9. The Morgan fingerprint density at radius 2 is 0.934 bits per heavy atom. The van der Waals surface area contributed by atoms with E-state index in [0.29, 0.717) is 16.7 Å². The molecule has 0 saturated heterocycles. The zero-order valence-electron chi connectivity index (χ0n) is 34.1. The average molecular weight is 785 g/mol. The molecule has 0 radical (unpaired) electrons. The number of para-hydroxylation sites is 2. The Bertz CT molecular complexity index is 3090. The van der Waals surface area contributed by atoms with Gasteiger partial charge in [0.05, 0.1) is 40.0 Å². The molecule has 0 aliphatic heterocycles. The molecule has 5 heteroatoms. The van der Waals surface area contributed by atoms with Crippen molar-refractivity contribution in [1.82, 2.24) is 4.57 Å². The quantitative estimate of drug-likeness (QED) is 0.156. The van der Waals surface area contributed by atoms with Gasteiger partial charge in [0.25, 0.3) is 5.91 Å². The molecule has 5 nitrogen and oxygen atoms in total.